The van der Waals surface area contributed by atoms with Crippen LogP contribution in [0.1, 0.15) is 20.8 Å². The lowest BCUT2D eigenvalue weighted by Crippen LogP contribution is -2.35. The fourth-order valence-corrected chi connectivity index (χ4v) is 1.95. The maximum Gasteiger partial charge on any atom is 0.144 e. The second-order valence-corrected chi connectivity index (χ2v) is 4.18. The largest absolute Gasteiger partial charge is 0.489 e. The summed E-state index contributed by atoms with van der Waals surface area (Å²) in [5.41, 5.74) is 7.60. The van der Waals surface area contributed by atoms with E-state index in [4.69, 9.17) is 15.2 Å². The Bertz CT molecular complexity index is 369. The number of rotatable bonds is 5. The number of nitrogens with two attached hydrogens (primary N) is 1. The first kappa shape index (κ1) is 14.6. The molecule has 1 aromatic carbocycles. The zero-order valence-electron chi connectivity index (χ0n) is 10.3. The molecule has 1 aliphatic rings. The fourth-order valence-electron chi connectivity index (χ4n) is 1.95. The second-order valence-electron chi connectivity index (χ2n) is 4.18. The summed E-state index contributed by atoms with van der Waals surface area (Å²) in [6.45, 7) is 6.24. The molecule has 0 aromatic heterocycles. The van der Waals surface area contributed by atoms with Gasteiger partial charge in [-0.1, -0.05) is 14.4 Å². The van der Waals surface area contributed by atoms with Gasteiger partial charge in [-0.3, -0.25) is 0 Å². The van der Waals surface area contributed by atoms with Gasteiger partial charge in [-0.25, -0.2) is 0 Å². The summed E-state index contributed by atoms with van der Waals surface area (Å²) in [7, 11) is 0. The maximum atomic E-state index is 5.74. The van der Waals surface area contributed by atoms with Crippen LogP contribution in [0.15, 0.2) is 18.2 Å². The monoisotopic (exact) mass is 252 g/mol. The summed E-state index contributed by atoms with van der Waals surface area (Å²) in [6, 6.07) is 5.81. The zero-order valence-corrected chi connectivity index (χ0v) is 10.3. The third-order valence-electron chi connectivity index (χ3n) is 2.80. The van der Waals surface area contributed by atoms with E-state index in [1.54, 1.807) is 0 Å². The third-order valence-corrected chi connectivity index (χ3v) is 2.80. The van der Waals surface area contributed by atoms with Crippen molar-refractivity contribution in [1.29, 1.82) is 0 Å². The average Bonchev–Trinajstić information content (AvgIpc) is 2.34. The highest BCUT2D eigenvalue weighted by molar-refractivity contribution is 5.65. The molecule has 4 heteroatoms. The van der Waals surface area contributed by atoms with Gasteiger partial charge in [0, 0.05) is 24.9 Å². The van der Waals surface area contributed by atoms with E-state index in [-0.39, 0.29) is 7.43 Å². The van der Waals surface area contributed by atoms with Gasteiger partial charge in [0.15, 0.2) is 0 Å². The highest BCUT2D eigenvalue weighted by atomic mass is 16.5. The molecule has 0 aliphatic carbocycles. The highest BCUT2D eigenvalue weighted by Crippen LogP contribution is 2.32. The standard InChI is InChI=1S/C13H20N2O2.CH4/c1-2-7-16-8-5-15-6-9-17-13-10-11(14)3-4-12(13)15;/h3-4,10H,2,5-9,14H2,1H3;1H4. The van der Waals surface area contributed by atoms with Gasteiger partial charge in [-0.05, 0) is 18.6 Å². The highest BCUT2D eigenvalue weighted by Gasteiger charge is 2.17. The summed E-state index contributed by atoms with van der Waals surface area (Å²) >= 11 is 0. The summed E-state index contributed by atoms with van der Waals surface area (Å²) in [5.74, 6) is 0.881. The zero-order chi connectivity index (χ0) is 12.1. The molecule has 1 heterocycles. The minimum atomic E-state index is 0. The van der Waals surface area contributed by atoms with Crippen LogP contribution in [-0.2, 0) is 4.74 Å². The van der Waals surface area contributed by atoms with Crippen LogP contribution in [0.5, 0.6) is 5.75 Å². The number of nitrogen functional groups attached to an aromatic ring is 1. The van der Waals surface area contributed by atoms with E-state index in [0.717, 1.165) is 49.8 Å². The quantitative estimate of drug-likeness (QED) is 0.646. The van der Waals surface area contributed by atoms with Crippen LogP contribution in [-0.4, -0.2) is 32.9 Å². The van der Waals surface area contributed by atoms with E-state index < -0.39 is 0 Å². The topological polar surface area (TPSA) is 47.7 Å². The molecule has 0 amide bonds. The van der Waals surface area contributed by atoms with Crippen molar-refractivity contribution < 1.29 is 9.47 Å². The van der Waals surface area contributed by atoms with Gasteiger partial charge in [0.1, 0.15) is 12.4 Å². The normalized spacial score (nSPS) is 13.5. The number of hydrogen-bond acceptors (Lipinski definition) is 4. The molecule has 0 saturated carbocycles. The van der Waals surface area contributed by atoms with Crippen molar-refractivity contribution >= 4 is 11.4 Å². The van der Waals surface area contributed by atoms with Gasteiger partial charge in [0.25, 0.3) is 0 Å². The molecule has 0 bridgehead atoms. The third kappa shape index (κ3) is 3.53. The number of benzene rings is 1. The van der Waals surface area contributed by atoms with Crippen LogP contribution in [0.25, 0.3) is 0 Å². The van der Waals surface area contributed by atoms with Gasteiger partial charge in [0.2, 0.25) is 0 Å². The van der Waals surface area contributed by atoms with Crippen LogP contribution in [0.3, 0.4) is 0 Å². The van der Waals surface area contributed by atoms with Gasteiger partial charge in [-0.2, -0.15) is 0 Å². The minimum Gasteiger partial charge on any atom is -0.489 e. The summed E-state index contributed by atoms with van der Waals surface area (Å²) in [6.07, 6.45) is 1.07. The minimum absolute atomic E-state index is 0. The van der Waals surface area contributed by atoms with Gasteiger partial charge in [-0.15, -0.1) is 0 Å². The number of ether oxygens (including phenoxy) is 2. The Morgan fingerprint density at radius 1 is 1.39 bits per heavy atom. The predicted octanol–water partition coefficient (Wildman–Crippen LogP) is 2.53. The first-order chi connectivity index (χ1) is 8.31. The Morgan fingerprint density at radius 3 is 3.00 bits per heavy atom. The van der Waals surface area contributed by atoms with Gasteiger partial charge in [0.05, 0.1) is 18.8 Å². The lowest BCUT2D eigenvalue weighted by atomic mass is 10.2. The molecule has 4 nitrogen and oxygen atoms in total. The van der Waals surface area contributed by atoms with Crippen LogP contribution in [0.2, 0.25) is 0 Å². The molecule has 0 spiro atoms. The molecule has 0 fully saturated rings. The van der Waals surface area contributed by atoms with Crippen LogP contribution >= 0.6 is 0 Å². The lowest BCUT2D eigenvalue weighted by molar-refractivity contribution is 0.139. The molecular weight excluding hydrogens is 228 g/mol. The molecular formula is C14H24N2O2. The predicted molar refractivity (Wildman–Crippen MR) is 76.4 cm³/mol. The van der Waals surface area contributed by atoms with Crippen LogP contribution < -0.4 is 15.4 Å². The van der Waals surface area contributed by atoms with Crippen molar-refractivity contribution in [2.75, 3.05) is 43.5 Å². The van der Waals surface area contributed by atoms with Crippen molar-refractivity contribution in [1.82, 2.24) is 0 Å². The number of nitrogens with zero attached hydrogens (tertiary/aromatic N) is 1. The van der Waals surface area contributed by atoms with Gasteiger partial charge < -0.3 is 20.1 Å². The van der Waals surface area contributed by atoms with E-state index in [1.165, 1.54) is 0 Å². The Balaban J connectivity index is 0.00000162. The first-order valence-corrected chi connectivity index (χ1v) is 6.16. The van der Waals surface area contributed by atoms with E-state index >= 15 is 0 Å². The molecule has 0 unspecified atom stereocenters. The molecule has 102 valence electrons. The first-order valence-electron chi connectivity index (χ1n) is 6.16. The molecule has 1 aliphatic heterocycles. The van der Waals surface area contributed by atoms with E-state index in [9.17, 15) is 0 Å². The van der Waals surface area contributed by atoms with Crippen molar-refractivity contribution in [2.24, 2.45) is 0 Å². The van der Waals surface area contributed by atoms with Crippen molar-refractivity contribution in [2.45, 2.75) is 20.8 Å². The number of hydrogen-bond donors (Lipinski definition) is 1. The molecule has 0 saturated heterocycles. The van der Waals surface area contributed by atoms with Crippen molar-refractivity contribution in [3.63, 3.8) is 0 Å². The Hall–Kier alpha value is -1.42. The van der Waals surface area contributed by atoms with Crippen LogP contribution in [0.4, 0.5) is 11.4 Å². The molecule has 0 atom stereocenters. The van der Waals surface area contributed by atoms with E-state index in [2.05, 4.69) is 11.8 Å². The molecule has 18 heavy (non-hydrogen) atoms. The fraction of sp³-hybridized carbons (Fsp3) is 0.571. The smallest absolute Gasteiger partial charge is 0.144 e. The molecule has 0 radical (unpaired) electrons. The SMILES string of the molecule is C.CCCOCCN1CCOc2cc(N)ccc21. The molecule has 2 rings (SSSR count). The van der Waals surface area contributed by atoms with Crippen LogP contribution in [0, 0.1) is 0 Å². The Kier molecular flexibility index (Phi) is 5.78. The van der Waals surface area contributed by atoms with Crippen molar-refractivity contribution in [3.05, 3.63) is 18.2 Å². The van der Waals surface area contributed by atoms with Gasteiger partial charge >= 0.3 is 0 Å². The number of fused-ring (bicyclic) bond motifs is 1. The summed E-state index contributed by atoms with van der Waals surface area (Å²) in [5, 5.41) is 0. The molecule has 1 aromatic rings. The average molecular weight is 252 g/mol. The maximum absolute atomic E-state index is 5.74. The molecule has 2 N–H and O–H groups in total. The van der Waals surface area contributed by atoms with E-state index in [0.29, 0.717) is 6.61 Å². The summed E-state index contributed by atoms with van der Waals surface area (Å²) < 4.78 is 11.1. The summed E-state index contributed by atoms with van der Waals surface area (Å²) in [4.78, 5) is 2.29. The van der Waals surface area contributed by atoms with Crippen molar-refractivity contribution in [3.8, 4) is 5.75 Å². The Labute approximate surface area is 110 Å². The lowest BCUT2D eigenvalue weighted by Gasteiger charge is -2.31. The number of anilines is 2. The van der Waals surface area contributed by atoms with E-state index in [1.807, 2.05) is 18.2 Å². The second kappa shape index (κ2) is 7.11. The Morgan fingerprint density at radius 2 is 2.22 bits per heavy atom.